The molecule has 0 atom stereocenters. The molecule has 0 saturated carbocycles. The molecular weight excluding hydrogens is 1220 g/mol. The highest BCUT2D eigenvalue weighted by Crippen LogP contribution is 2.41. The van der Waals surface area contributed by atoms with E-state index >= 15 is 0 Å². The number of hydrogen-bond donors (Lipinski definition) is 1. The maximum atomic E-state index is 14.3. The van der Waals surface area contributed by atoms with Crippen LogP contribution in [0.15, 0.2) is 82.2 Å². The minimum atomic E-state index is -0.574. The summed E-state index contributed by atoms with van der Waals surface area (Å²) in [6.07, 6.45) is 71.6. The van der Waals surface area contributed by atoms with E-state index in [1.54, 1.807) is 30.5 Å². The standard InChI is InChI=1S/C89H142N2O8/c1-5-9-13-17-21-25-29-33-36-40-44-48-52-56-68-95-85-71-78(72-86(96-69-57-53-49-45-41-37-34-30-26-22-18-14-10-6-2)87(85)97-70-58-54-50-46-42-38-35-31-27-23-19-15-11-7-3)89(93)98-81-64-61-77(83(92)73-81)75-90-79-62-59-76(60-63-79)88-91-82-66-65-80(74-84(82)99-88)94-67-55-51-47-43-39-32-28-24-20-16-12-8-4/h59-66,71-75,92H,5-58,67-70H2,1-4H3. The first kappa shape index (κ1) is 84.1. The van der Waals surface area contributed by atoms with Gasteiger partial charge in [-0.25, -0.2) is 9.78 Å². The van der Waals surface area contributed by atoms with Crippen LogP contribution in [0.5, 0.6) is 34.5 Å². The molecular formula is C89H142N2O8. The van der Waals surface area contributed by atoms with Gasteiger partial charge >= 0.3 is 5.97 Å². The van der Waals surface area contributed by atoms with Crippen LogP contribution in [-0.2, 0) is 0 Å². The molecule has 0 aliphatic carbocycles. The number of aromatic hydroxyl groups is 1. The second-order valence-corrected chi connectivity index (χ2v) is 28.9. The van der Waals surface area contributed by atoms with Crippen molar-refractivity contribution in [2.45, 2.75) is 374 Å². The minimum Gasteiger partial charge on any atom is -0.507 e. The number of phenols is 1. The highest BCUT2D eigenvalue weighted by molar-refractivity contribution is 5.93. The number of phenolic OH excluding ortho intramolecular Hbond substituents is 1. The van der Waals surface area contributed by atoms with Crippen molar-refractivity contribution >= 4 is 29.0 Å². The van der Waals surface area contributed by atoms with Gasteiger partial charge in [-0.2, -0.15) is 0 Å². The lowest BCUT2D eigenvalue weighted by atomic mass is 10.0. The lowest BCUT2D eigenvalue weighted by molar-refractivity contribution is 0.0733. The van der Waals surface area contributed by atoms with Gasteiger partial charge < -0.3 is 33.2 Å². The summed E-state index contributed by atoms with van der Waals surface area (Å²) in [4.78, 5) is 23.7. The maximum Gasteiger partial charge on any atom is 0.343 e. The molecule has 0 spiro atoms. The van der Waals surface area contributed by atoms with Crippen LogP contribution in [0.2, 0.25) is 0 Å². The summed E-state index contributed by atoms with van der Waals surface area (Å²) in [5.41, 5.74) is 3.76. The van der Waals surface area contributed by atoms with Crippen molar-refractivity contribution in [1.29, 1.82) is 0 Å². The second-order valence-electron chi connectivity index (χ2n) is 28.9. The van der Waals surface area contributed by atoms with Crippen molar-refractivity contribution in [1.82, 2.24) is 4.98 Å². The van der Waals surface area contributed by atoms with Gasteiger partial charge in [0.25, 0.3) is 0 Å². The van der Waals surface area contributed by atoms with Gasteiger partial charge in [-0.05, 0) is 86.3 Å². The summed E-state index contributed by atoms with van der Waals surface area (Å²) in [6.45, 7) is 11.4. The van der Waals surface area contributed by atoms with Gasteiger partial charge in [0.05, 0.1) is 37.7 Å². The monoisotopic (exact) mass is 1370 g/mol. The average molecular weight is 1370 g/mol. The fourth-order valence-electron chi connectivity index (χ4n) is 13.4. The van der Waals surface area contributed by atoms with E-state index in [2.05, 4.69) is 32.7 Å². The van der Waals surface area contributed by atoms with Crippen molar-refractivity contribution in [3.63, 3.8) is 0 Å². The Morgan fingerprint density at radius 2 is 0.727 bits per heavy atom. The van der Waals surface area contributed by atoms with E-state index < -0.39 is 5.97 Å². The number of aromatic nitrogens is 1. The van der Waals surface area contributed by atoms with Gasteiger partial charge in [0.1, 0.15) is 22.8 Å². The molecule has 0 aliphatic rings. The van der Waals surface area contributed by atoms with Crippen molar-refractivity contribution in [2.75, 3.05) is 26.4 Å². The summed E-state index contributed by atoms with van der Waals surface area (Å²) in [6, 6.07) is 21.9. The molecule has 1 aromatic heterocycles. The highest BCUT2D eigenvalue weighted by Gasteiger charge is 2.22. The Bertz CT molecular complexity index is 2710. The quantitative estimate of drug-likeness (QED) is 0.0175. The smallest absolute Gasteiger partial charge is 0.343 e. The normalized spacial score (nSPS) is 11.6. The molecule has 556 valence electrons. The third-order valence-electron chi connectivity index (χ3n) is 19.8. The number of carbonyl (C=O) groups excluding carboxylic acids is 1. The van der Waals surface area contributed by atoms with E-state index in [0.717, 1.165) is 61.8 Å². The SMILES string of the molecule is CCCCCCCCCCCCCCCCOc1cc(C(=O)Oc2ccc(C=Nc3ccc(-c4nc5ccc(OCCCCCCCCCCCCCC)cc5o4)cc3)c(O)c2)cc(OCCCCCCCCCCCCCCCC)c1OCCCCCCCCCCCCCCCC. The predicted octanol–water partition coefficient (Wildman–Crippen LogP) is 28.8. The van der Waals surface area contributed by atoms with Gasteiger partial charge in [0.15, 0.2) is 17.1 Å². The maximum absolute atomic E-state index is 14.3. The van der Waals surface area contributed by atoms with Crippen LogP contribution in [-0.4, -0.2) is 48.7 Å². The number of aliphatic imine (C=N–C) groups is 1. The number of unbranched alkanes of at least 4 members (excludes halogenated alkanes) is 50. The number of nitrogens with zero attached hydrogens (tertiary/aromatic N) is 2. The Morgan fingerprint density at radius 3 is 1.10 bits per heavy atom. The van der Waals surface area contributed by atoms with Crippen LogP contribution in [0.4, 0.5) is 5.69 Å². The number of benzene rings is 4. The molecule has 0 radical (unpaired) electrons. The Kier molecular flexibility index (Phi) is 49.3. The zero-order valence-electron chi connectivity index (χ0n) is 63.7. The number of carbonyl (C=O) groups is 1. The Balaban J connectivity index is 1.17. The zero-order chi connectivity index (χ0) is 69.9. The number of esters is 1. The lowest BCUT2D eigenvalue weighted by Gasteiger charge is -2.19. The van der Waals surface area contributed by atoms with Crippen LogP contribution in [0.1, 0.15) is 390 Å². The van der Waals surface area contributed by atoms with Crippen LogP contribution in [0, 0.1) is 0 Å². The summed E-state index contributed by atoms with van der Waals surface area (Å²) < 4.78 is 38.3. The first-order chi connectivity index (χ1) is 48.9. The van der Waals surface area contributed by atoms with Crippen molar-refractivity contribution in [3.8, 4) is 46.0 Å². The summed E-state index contributed by atoms with van der Waals surface area (Å²) in [5.74, 6) is 2.48. The van der Waals surface area contributed by atoms with E-state index in [0.29, 0.717) is 72.0 Å². The van der Waals surface area contributed by atoms with E-state index in [1.807, 2.05) is 42.5 Å². The van der Waals surface area contributed by atoms with E-state index in [4.69, 9.17) is 33.1 Å². The van der Waals surface area contributed by atoms with Crippen molar-refractivity contribution in [2.24, 2.45) is 4.99 Å². The number of hydrogen-bond acceptors (Lipinski definition) is 10. The molecule has 1 heterocycles. The average Bonchev–Trinajstić information content (AvgIpc) is 1.33. The number of oxazole rings is 1. The van der Waals surface area contributed by atoms with Gasteiger partial charge in [-0.3, -0.25) is 4.99 Å². The molecule has 5 aromatic rings. The molecule has 1 N–H and O–H groups in total. The topological polar surface area (TPSA) is 122 Å². The van der Waals surface area contributed by atoms with Gasteiger partial charge in [-0.15, -0.1) is 0 Å². The molecule has 5 rings (SSSR count). The molecule has 10 heteroatoms. The van der Waals surface area contributed by atoms with E-state index in [1.165, 1.54) is 308 Å². The highest BCUT2D eigenvalue weighted by atomic mass is 16.5. The number of fused-ring (bicyclic) bond motifs is 1. The fraction of sp³-hybridized carbons (Fsp3) is 0.697. The van der Waals surface area contributed by atoms with E-state index in [-0.39, 0.29) is 11.5 Å². The molecule has 0 saturated heterocycles. The Labute approximate surface area is 604 Å². The van der Waals surface area contributed by atoms with Gasteiger partial charge in [-0.1, -0.05) is 349 Å². The fourth-order valence-corrected chi connectivity index (χ4v) is 13.4. The molecule has 99 heavy (non-hydrogen) atoms. The van der Waals surface area contributed by atoms with Crippen LogP contribution >= 0.6 is 0 Å². The van der Waals surface area contributed by atoms with Crippen LogP contribution in [0.25, 0.3) is 22.6 Å². The minimum absolute atomic E-state index is 0.0637. The van der Waals surface area contributed by atoms with Gasteiger partial charge in [0, 0.05) is 29.5 Å². The van der Waals surface area contributed by atoms with E-state index in [9.17, 15) is 9.90 Å². The molecule has 0 bridgehead atoms. The molecule has 0 aliphatic heterocycles. The summed E-state index contributed by atoms with van der Waals surface area (Å²) >= 11 is 0. The lowest BCUT2D eigenvalue weighted by Crippen LogP contribution is -2.12. The summed E-state index contributed by atoms with van der Waals surface area (Å²) in [7, 11) is 0. The largest absolute Gasteiger partial charge is 0.507 e. The predicted molar refractivity (Wildman–Crippen MR) is 420 cm³/mol. The molecule has 0 fully saturated rings. The van der Waals surface area contributed by atoms with Crippen LogP contribution < -0.4 is 23.7 Å². The number of rotatable bonds is 67. The van der Waals surface area contributed by atoms with Gasteiger partial charge in [0.2, 0.25) is 11.6 Å². The molecule has 4 aromatic carbocycles. The third kappa shape index (κ3) is 40.1. The Hall–Kier alpha value is -5.51. The summed E-state index contributed by atoms with van der Waals surface area (Å²) in [5, 5.41) is 11.3. The number of ether oxygens (including phenoxy) is 5. The molecule has 10 nitrogen and oxygen atoms in total. The third-order valence-corrected chi connectivity index (χ3v) is 19.8. The molecule has 0 unspecified atom stereocenters. The first-order valence-corrected chi connectivity index (χ1v) is 41.7. The zero-order valence-corrected chi connectivity index (χ0v) is 63.7. The van der Waals surface area contributed by atoms with Crippen molar-refractivity contribution in [3.05, 3.63) is 83.9 Å². The Morgan fingerprint density at radius 1 is 0.384 bits per heavy atom. The van der Waals surface area contributed by atoms with Crippen molar-refractivity contribution < 1.29 is 38.0 Å². The second kappa shape index (κ2) is 58.0. The molecule has 0 amide bonds. The van der Waals surface area contributed by atoms with Crippen LogP contribution in [0.3, 0.4) is 0 Å². The first-order valence-electron chi connectivity index (χ1n) is 41.7.